The smallest absolute Gasteiger partial charge is 0.328 e. The number of urea groups is 1. The maximum absolute atomic E-state index is 15.7. The standard InChI is InChI=1S/C45H52ClFN8O4.CH2O2/c1-27-37(12-10-30(24-48)39(27)46)59-42-44(2,3)41(45(42,4)5)51-40(57)29-9-11-36(33(47)23-29)53-20-13-28(14-21-53)26-52-18-15-31(16-19-52)55-35-8-6-7-34(32(35)25-49-55)54-22-17-38(56)50-43(54)58;2-1-3/h6-12,23,25,28,31,41-42H,13-22,26H2,1-5H3,(H,51,57)(H,50,56,58);1H,(H,2,3). The van der Waals surface area contributed by atoms with Crippen molar-refractivity contribution in [2.45, 2.75) is 84.9 Å². The average molecular weight is 869 g/mol. The van der Waals surface area contributed by atoms with Crippen LogP contribution >= 0.6 is 11.6 Å². The fourth-order valence-corrected chi connectivity index (χ4v) is 10.6. The number of piperidine rings is 2. The van der Waals surface area contributed by atoms with Crippen molar-refractivity contribution in [3.63, 3.8) is 0 Å². The number of carbonyl (C=O) groups excluding carboxylic acids is 3. The Kier molecular flexibility index (Phi) is 12.8. The van der Waals surface area contributed by atoms with Gasteiger partial charge in [-0.15, -0.1) is 0 Å². The quantitative estimate of drug-likeness (QED) is 0.145. The van der Waals surface area contributed by atoms with Gasteiger partial charge < -0.3 is 25.0 Å². The summed E-state index contributed by atoms with van der Waals surface area (Å²) in [6.07, 6.45) is 5.74. The van der Waals surface area contributed by atoms with Gasteiger partial charge in [0.2, 0.25) is 5.91 Å². The molecule has 4 amide bonds. The van der Waals surface area contributed by atoms with Gasteiger partial charge in [0.1, 0.15) is 23.7 Å². The molecule has 1 aliphatic carbocycles. The SMILES string of the molecule is Cc1c(OC2C(C)(C)C(NC(=O)c3ccc(N4CCC(CN5CCC(n6ncc7c(N8CCC(=O)NC8=O)cccc76)CC5)CC4)c(F)c3)C2(C)C)ccc(C#N)c1Cl.O=CO. The van der Waals surface area contributed by atoms with Crippen molar-refractivity contribution in [3.8, 4) is 11.8 Å². The number of hydrogen-bond acceptors (Lipinski definition) is 9. The van der Waals surface area contributed by atoms with Gasteiger partial charge in [0.25, 0.3) is 12.4 Å². The molecule has 0 spiro atoms. The van der Waals surface area contributed by atoms with E-state index in [4.69, 9.17) is 31.3 Å². The van der Waals surface area contributed by atoms with E-state index in [2.05, 4.69) is 31.2 Å². The van der Waals surface area contributed by atoms with E-state index in [1.54, 1.807) is 29.2 Å². The Balaban J connectivity index is 0.00000187. The zero-order chi connectivity index (χ0) is 44.5. The summed E-state index contributed by atoms with van der Waals surface area (Å²) >= 11 is 6.41. The van der Waals surface area contributed by atoms with E-state index in [1.807, 2.05) is 59.0 Å². The Morgan fingerprint density at radius 2 is 1.73 bits per heavy atom. The minimum atomic E-state index is -0.441. The van der Waals surface area contributed by atoms with Crippen LogP contribution in [0.2, 0.25) is 5.02 Å². The lowest BCUT2D eigenvalue weighted by atomic mass is 9.49. The van der Waals surface area contributed by atoms with E-state index in [0.717, 1.165) is 75.0 Å². The summed E-state index contributed by atoms with van der Waals surface area (Å²) in [5, 5.41) is 27.9. The average Bonchev–Trinajstić information content (AvgIpc) is 3.69. The predicted molar refractivity (Wildman–Crippen MR) is 234 cm³/mol. The second kappa shape index (κ2) is 17.9. The predicted octanol–water partition coefficient (Wildman–Crippen LogP) is 7.32. The summed E-state index contributed by atoms with van der Waals surface area (Å²) in [7, 11) is 0. The summed E-state index contributed by atoms with van der Waals surface area (Å²) in [6, 6.07) is 15.8. The van der Waals surface area contributed by atoms with Gasteiger partial charge in [-0.3, -0.25) is 29.3 Å². The molecule has 62 heavy (non-hydrogen) atoms. The molecule has 0 unspecified atom stereocenters. The van der Waals surface area contributed by atoms with Crippen LogP contribution in [-0.4, -0.2) is 95.5 Å². The zero-order valence-corrected chi connectivity index (χ0v) is 36.5. The van der Waals surface area contributed by atoms with Crippen LogP contribution in [-0.2, 0) is 9.59 Å². The Morgan fingerprint density at radius 3 is 2.37 bits per heavy atom. The zero-order valence-electron chi connectivity index (χ0n) is 35.8. The van der Waals surface area contributed by atoms with Crippen molar-refractivity contribution < 1.29 is 33.4 Å². The summed E-state index contributed by atoms with van der Waals surface area (Å²) in [5.41, 5.74) is 2.79. The number of ether oxygens (including phenoxy) is 1. The summed E-state index contributed by atoms with van der Waals surface area (Å²) in [4.78, 5) is 52.4. The maximum Gasteiger partial charge on any atom is 0.328 e. The van der Waals surface area contributed by atoms with Crippen molar-refractivity contribution in [2.24, 2.45) is 16.7 Å². The number of halogens is 2. The number of imide groups is 1. The van der Waals surface area contributed by atoms with E-state index >= 15 is 4.39 Å². The summed E-state index contributed by atoms with van der Waals surface area (Å²) in [5.74, 6) is 0.156. The van der Waals surface area contributed by atoms with Crippen molar-refractivity contribution in [3.05, 3.63) is 82.3 Å². The molecule has 3 N–H and O–H groups in total. The van der Waals surface area contributed by atoms with E-state index in [0.29, 0.717) is 40.0 Å². The van der Waals surface area contributed by atoms with E-state index in [9.17, 15) is 19.6 Å². The number of hydrogen-bond donors (Lipinski definition) is 3. The molecule has 3 aromatic carbocycles. The molecule has 8 rings (SSSR count). The number of carbonyl (C=O) groups is 4. The van der Waals surface area contributed by atoms with Crippen LogP contribution in [0.1, 0.15) is 87.3 Å². The largest absolute Gasteiger partial charge is 0.489 e. The number of benzene rings is 3. The fourth-order valence-electron chi connectivity index (χ4n) is 10.4. The van der Waals surface area contributed by atoms with Crippen molar-refractivity contribution in [1.82, 2.24) is 25.3 Å². The molecule has 0 atom stereocenters. The Morgan fingerprint density at radius 1 is 1.03 bits per heavy atom. The monoisotopic (exact) mass is 868 g/mol. The Bertz CT molecular complexity index is 2380. The van der Waals surface area contributed by atoms with Crippen LogP contribution in [0.3, 0.4) is 0 Å². The van der Waals surface area contributed by atoms with Gasteiger partial charge in [-0.1, -0.05) is 45.4 Å². The molecule has 4 fully saturated rings. The summed E-state index contributed by atoms with van der Waals surface area (Å²) in [6.45, 7) is 14.6. The Hall–Kier alpha value is -5.72. The number of likely N-dealkylation sites (tertiary alicyclic amines) is 1. The van der Waals surface area contributed by atoms with Gasteiger partial charge >= 0.3 is 6.03 Å². The van der Waals surface area contributed by atoms with E-state index in [1.165, 1.54) is 6.07 Å². The Labute approximate surface area is 365 Å². The highest BCUT2D eigenvalue weighted by molar-refractivity contribution is 6.32. The molecule has 1 saturated carbocycles. The molecule has 0 bridgehead atoms. The third-order valence-corrected chi connectivity index (χ3v) is 13.9. The van der Waals surface area contributed by atoms with Crippen LogP contribution < -0.4 is 25.2 Å². The highest BCUT2D eigenvalue weighted by Gasteiger charge is 2.64. The maximum atomic E-state index is 15.7. The first-order chi connectivity index (χ1) is 29.6. The first-order valence-corrected chi connectivity index (χ1v) is 21.6. The number of anilines is 2. The third kappa shape index (κ3) is 8.55. The van der Waals surface area contributed by atoms with Crippen LogP contribution in [0.5, 0.6) is 5.75 Å². The first kappa shape index (κ1) is 44.3. The van der Waals surface area contributed by atoms with Crippen LogP contribution in [0.25, 0.3) is 10.9 Å². The lowest BCUT2D eigenvalue weighted by Gasteiger charge is -2.63. The van der Waals surface area contributed by atoms with Crippen molar-refractivity contribution in [2.75, 3.05) is 49.1 Å². The lowest BCUT2D eigenvalue weighted by molar-refractivity contribution is -0.164. The molecule has 16 heteroatoms. The van der Waals surface area contributed by atoms with Crippen molar-refractivity contribution in [1.29, 1.82) is 5.26 Å². The lowest BCUT2D eigenvalue weighted by Crippen LogP contribution is -2.74. The minimum absolute atomic E-state index is 0.238. The molecular formula is C46H54ClFN8O6. The van der Waals surface area contributed by atoms with E-state index in [-0.39, 0.29) is 48.5 Å². The third-order valence-electron chi connectivity index (χ3n) is 13.4. The molecule has 4 heterocycles. The molecule has 328 valence electrons. The second-order valence-corrected chi connectivity index (χ2v) is 18.4. The van der Waals surface area contributed by atoms with Crippen LogP contribution in [0.15, 0.2) is 54.7 Å². The number of amides is 4. The molecule has 3 aliphatic heterocycles. The van der Waals surface area contributed by atoms with E-state index < -0.39 is 22.7 Å². The highest BCUT2D eigenvalue weighted by Crippen LogP contribution is 2.56. The number of nitrogens with one attached hydrogen (secondary N) is 2. The molecule has 3 saturated heterocycles. The van der Waals surface area contributed by atoms with Crippen molar-refractivity contribution >= 4 is 58.2 Å². The molecule has 4 aliphatic rings. The molecule has 1 aromatic heterocycles. The number of nitrogens with zero attached hydrogens (tertiary/aromatic N) is 6. The first-order valence-electron chi connectivity index (χ1n) is 21.2. The highest BCUT2D eigenvalue weighted by atomic mass is 35.5. The van der Waals surface area contributed by atoms with Gasteiger partial charge in [0, 0.05) is 79.1 Å². The summed E-state index contributed by atoms with van der Waals surface area (Å²) < 4.78 is 24.3. The molecule has 14 nitrogen and oxygen atoms in total. The number of rotatable bonds is 9. The van der Waals surface area contributed by atoms with Crippen LogP contribution in [0, 0.1) is 40.8 Å². The minimum Gasteiger partial charge on any atom is -0.489 e. The second-order valence-electron chi connectivity index (χ2n) is 18.0. The normalized spacial score (nSPS) is 21.6. The molecule has 0 radical (unpaired) electrons. The van der Waals surface area contributed by atoms with Gasteiger partial charge in [-0.05, 0) is 81.0 Å². The number of aromatic nitrogens is 2. The van der Waals surface area contributed by atoms with Gasteiger partial charge in [-0.25, -0.2) is 9.18 Å². The fraction of sp³-hybridized carbons (Fsp3) is 0.478. The topological polar surface area (TPSA) is 173 Å². The van der Waals surface area contributed by atoms with Gasteiger partial charge in [-0.2, -0.15) is 10.4 Å². The molecular weight excluding hydrogens is 815 g/mol. The van der Waals surface area contributed by atoms with Gasteiger partial charge in [0.05, 0.1) is 39.7 Å². The number of fused-ring (bicyclic) bond motifs is 1. The number of carboxylic acid groups (broad SMARTS) is 1. The molecule has 4 aromatic rings. The van der Waals surface area contributed by atoms with Crippen LogP contribution in [0.4, 0.5) is 20.6 Å². The van der Waals surface area contributed by atoms with Gasteiger partial charge in [0.15, 0.2) is 0 Å². The number of nitriles is 1.